The second-order valence-electron chi connectivity index (χ2n) is 6.13. The fourth-order valence-corrected chi connectivity index (χ4v) is 2.53. The summed E-state index contributed by atoms with van der Waals surface area (Å²) in [4.78, 5) is 7.70. The van der Waals surface area contributed by atoms with Crippen LogP contribution in [0.15, 0.2) is 30.5 Å². The molecule has 1 N–H and O–H groups in total. The molecule has 3 nitrogen and oxygen atoms in total. The highest BCUT2D eigenvalue weighted by Crippen LogP contribution is 2.46. The molecule has 102 valence electrons. The minimum absolute atomic E-state index is 0.337. The van der Waals surface area contributed by atoms with Crippen molar-refractivity contribution in [3.63, 3.8) is 0 Å². The van der Waals surface area contributed by atoms with Gasteiger partial charge in [-0.1, -0.05) is 38.1 Å². The Hall–Kier alpha value is -2.08. The van der Waals surface area contributed by atoms with Gasteiger partial charge in [-0.25, -0.2) is 4.98 Å². The molecule has 1 aromatic heterocycles. The summed E-state index contributed by atoms with van der Waals surface area (Å²) in [6.07, 6.45) is 4.78. The highest BCUT2D eigenvalue weighted by molar-refractivity contribution is 5.59. The number of benzene rings is 1. The summed E-state index contributed by atoms with van der Waals surface area (Å²) in [5.41, 5.74) is 3.15. The van der Waals surface area contributed by atoms with Crippen molar-refractivity contribution in [1.29, 1.82) is 5.26 Å². The Morgan fingerprint density at radius 1 is 1.30 bits per heavy atom. The number of H-pyrrole nitrogens is 1. The van der Waals surface area contributed by atoms with E-state index in [1.54, 1.807) is 0 Å². The Morgan fingerprint density at radius 2 is 2.00 bits per heavy atom. The molecule has 0 unspecified atom stereocenters. The molecule has 0 atom stereocenters. The topological polar surface area (TPSA) is 52.5 Å². The van der Waals surface area contributed by atoms with E-state index in [2.05, 4.69) is 54.2 Å². The van der Waals surface area contributed by atoms with Gasteiger partial charge in [-0.2, -0.15) is 5.26 Å². The van der Waals surface area contributed by atoms with Gasteiger partial charge in [0, 0.05) is 0 Å². The first-order valence-electron chi connectivity index (χ1n) is 7.19. The molecule has 1 heterocycles. The van der Waals surface area contributed by atoms with Gasteiger partial charge in [-0.05, 0) is 36.3 Å². The lowest BCUT2D eigenvalue weighted by Gasteiger charge is -2.05. The zero-order chi connectivity index (χ0) is 14.2. The third kappa shape index (κ3) is 2.34. The van der Waals surface area contributed by atoms with Crippen LogP contribution in [0, 0.1) is 17.2 Å². The maximum Gasteiger partial charge on any atom is 0.127 e. The SMILES string of the molecule is CC(C)Cc1ccc(-c2cnc(C3(C#N)CC3)[nH]2)cc1. The lowest BCUT2D eigenvalue weighted by Crippen LogP contribution is -2.04. The first kappa shape index (κ1) is 12.9. The number of nitriles is 1. The van der Waals surface area contributed by atoms with E-state index in [1.165, 1.54) is 5.56 Å². The third-order valence-corrected chi connectivity index (χ3v) is 3.90. The lowest BCUT2D eigenvalue weighted by atomic mass is 10.0. The first-order valence-corrected chi connectivity index (χ1v) is 7.19. The number of aromatic amines is 1. The number of nitrogens with one attached hydrogen (secondary N) is 1. The Bertz CT molecular complexity index is 640. The van der Waals surface area contributed by atoms with Gasteiger partial charge in [-0.3, -0.25) is 0 Å². The van der Waals surface area contributed by atoms with Crippen molar-refractivity contribution in [2.45, 2.75) is 38.5 Å². The zero-order valence-corrected chi connectivity index (χ0v) is 12.0. The molecule has 1 saturated carbocycles. The summed E-state index contributed by atoms with van der Waals surface area (Å²) in [5.74, 6) is 1.49. The molecule has 0 spiro atoms. The molecule has 3 heteroatoms. The van der Waals surface area contributed by atoms with Crippen LogP contribution in [0.3, 0.4) is 0 Å². The van der Waals surface area contributed by atoms with Crippen LogP contribution in [-0.2, 0) is 11.8 Å². The molecule has 1 aliphatic carbocycles. The van der Waals surface area contributed by atoms with Crippen molar-refractivity contribution >= 4 is 0 Å². The van der Waals surface area contributed by atoms with E-state index in [1.807, 2.05) is 6.20 Å². The molecular formula is C17H19N3. The molecule has 20 heavy (non-hydrogen) atoms. The molecular weight excluding hydrogens is 246 g/mol. The number of hydrogen-bond donors (Lipinski definition) is 1. The van der Waals surface area contributed by atoms with Crippen LogP contribution >= 0.6 is 0 Å². The third-order valence-electron chi connectivity index (χ3n) is 3.90. The monoisotopic (exact) mass is 265 g/mol. The van der Waals surface area contributed by atoms with E-state index in [-0.39, 0.29) is 5.41 Å². The number of aromatic nitrogens is 2. The van der Waals surface area contributed by atoms with E-state index >= 15 is 0 Å². The summed E-state index contributed by atoms with van der Waals surface area (Å²) < 4.78 is 0. The molecule has 0 aliphatic heterocycles. The van der Waals surface area contributed by atoms with Crippen LogP contribution in [0.5, 0.6) is 0 Å². The van der Waals surface area contributed by atoms with Crippen molar-refractivity contribution in [2.75, 3.05) is 0 Å². The number of hydrogen-bond acceptors (Lipinski definition) is 2. The fourth-order valence-electron chi connectivity index (χ4n) is 2.53. The van der Waals surface area contributed by atoms with Gasteiger partial charge >= 0.3 is 0 Å². The minimum atomic E-state index is -0.337. The Kier molecular flexibility index (Phi) is 3.10. The summed E-state index contributed by atoms with van der Waals surface area (Å²) in [6, 6.07) is 11.0. The molecule has 0 bridgehead atoms. The Labute approximate surface area is 119 Å². The zero-order valence-electron chi connectivity index (χ0n) is 12.0. The van der Waals surface area contributed by atoms with E-state index < -0.39 is 0 Å². The van der Waals surface area contributed by atoms with E-state index in [9.17, 15) is 5.26 Å². The van der Waals surface area contributed by atoms with Crippen LogP contribution < -0.4 is 0 Å². The second-order valence-corrected chi connectivity index (χ2v) is 6.13. The number of rotatable bonds is 4. The molecule has 1 fully saturated rings. The fraction of sp³-hybridized carbons (Fsp3) is 0.412. The summed E-state index contributed by atoms with van der Waals surface area (Å²) in [6.45, 7) is 4.46. The number of imidazole rings is 1. The quantitative estimate of drug-likeness (QED) is 0.913. The highest BCUT2D eigenvalue weighted by atomic mass is 15.0. The van der Waals surface area contributed by atoms with Crippen LogP contribution in [0.1, 0.15) is 38.1 Å². The van der Waals surface area contributed by atoms with Crippen molar-refractivity contribution in [3.8, 4) is 17.3 Å². The summed E-state index contributed by atoms with van der Waals surface area (Å²) >= 11 is 0. The average molecular weight is 265 g/mol. The van der Waals surface area contributed by atoms with E-state index in [4.69, 9.17) is 0 Å². The molecule has 0 saturated heterocycles. The largest absolute Gasteiger partial charge is 0.341 e. The maximum atomic E-state index is 9.20. The van der Waals surface area contributed by atoms with Gasteiger partial charge in [-0.15, -0.1) is 0 Å². The Morgan fingerprint density at radius 3 is 2.55 bits per heavy atom. The smallest absolute Gasteiger partial charge is 0.127 e. The highest BCUT2D eigenvalue weighted by Gasteiger charge is 2.47. The van der Waals surface area contributed by atoms with E-state index in [0.717, 1.165) is 36.3 Å². The van der Waals surface area contributed by atoms with Crippen LogP contribution in [-0.4, -0.2) is 9.97 Å². The van der Waals surface area contributed by atoms with Gasteiger partial charge in [0.2, 0.25) is 0 Å². The normalized spacial score (nSPS) is 16.1. The van der Waals surface area contributed by atoms with Crippen molar-refractivity contribution in [3.05, 3.63) is 41.9 Å². The predicted molar refractivity (Wildman–Crippen MR) is 79.1 cm³/mol. The van der Waals surface area contributed by atoms with E-state index in [0.29, 0.717) is 5.92 Å². The lowest BCUT2D eigenvalue weighted by molar-refractivity contribution is 0.647. The summed E-state index contributed by atoms with van der Waals surface area (Å²) in [7, 11) is 0. The second kappa shape index (κ2) is 4.79. The standard InChI is InChI=1S/C17H19N3/c1-12(2)9-13-3-5-14(6-4-13)15-10-19-16(20-15)17(11-18)7-8-17/h3-6,10,12H,7-9H2,1-2H3,(H,19,20). The van der Waals surface area contributed by atoms with Gasteiger partial charge in [0.15, 0.2) is 0 Å². The molecule has 1 aromatic carbocycles. The molecule has 0 radical (unpaired) electrons. The molecule has 0 amide bonds. The van der Waals surface area contributed by atoms with Crippen LogP contribution in [0.25, 0.3) is 11.3 Å². The molecule has 2 aromatic rings. The van der Waals surface area contributed by atoms with Crippen LogP contribution in [0.4, 0.5) is 0 Å². The van der Waals surface area contributed by atoms with Gasteiger partial charge in [0.05, 0.1) is 18.0 Å². The number of nitrogens with zero attached hydrogens (tertiary/aromatic N) is 2. The molecule has 1 aliphatic rings. The Balaban J connectivity index is 1.82. The average Bonchev–Trinajstić information content (AvgIpc) is 3.08. The van der Waals surface area contributed by atoms with Gasteiger partial charge in [0.25, 0.3) is 0 Å². The summed E-state index contributed by atoms with van der Waals surface area (Å²) in [5, 5.41) is 9.20. The maximum absolute atomic E-state index is 9.20. The predicted octanol–water partition coefficient (Wildman–Crippen LogP) is 3.83. The van der Waals surface area contributed by atoms with Crippen LogP contribution in [0.2, 0.25) is 0 Å². The minimum Gasteiger partial charge on any atom is -0.341 e. The van der Waals surface area contributed by atoms with Crippen molar-refractivity contribution in [1.82, 2.24) is 9.97 Å². The molecule has 3 rings (SSSR count). The first-order chi connectivity index (χ1) is 9.63. The van der Waals surface area contributed by atoms with Crippen molar-refractivity contribution < 1.29 is 0 Å². The van der Waals surface area contributed by atoms with Gasteiger partial charge < -0.3 is 4.98 Å². The van der Waals surface area contributed by atoms with Gasteiger partial charge in [0.1, 0.15) is 11.2 Å². The van der Waals surface area contributed by atoms with Crippen molar-refractivity contribution in [2.24, 2.45) is 5.92 Å².